The molecule has 1 N–H and O–H groups in total. The average molecular weight is 459 g/mol. The molecular weight excluding hydrogens is 428 g/mol. The molecule has 34 heavy (non-hydrogen) atoms. The maximum Gasteiger partial charge on any atom is 0.324 e. The first-order chi connectivity index (χ1) is 16.5. The second-order valence-electron chi connectivity index (χ2n) is 9.35. The van der Waals surface area contributed by atoms with Crippen LogP contribution in [0.25, 0.3) is 6.08 Å². The molecule has 2 fully saturated rings. The summed E-state index contributed by atoms with van der Waals surface area (Å²) in [5.41, 5.74) is 5.34. The van der Waals surface area contributed by atoms with Crippen LogP contribution in [-0.2, 0) is 0 Å². The van der Waals surface area contributed by atoms with Gasteiger partial charge in [-0.3, -0.25) is 5.32 Å². The number of anilines is 1. The minimum Gasteiger partial charge on any atom is -0.439 e. The van der Waals surface area contributed by atoms with Gasteiger partial charge in [-0.1, -0.05) is 41.9 Å². The third-order valence-corrected chi connectivity index (χ3v) is 6.70. The molecule has 7 nitrogen and oxygen atoms in total. The largest absolute Gasteiger partial charge is 0.439 e. The first-order valence-electron chi connectivity index (χ1n) is 11.9. The lowest BCUT2D eigenvalue weighted by molar-refractivity contribution is 0.197. The number of aryl methyl sites for hydroxylation is 1. The van der Waals surface area contributed by atoms with Crippen LogP contribution in [0.15, 0.2) is 52.7 Å². The van der Waals surface area contributed by atoms with Crippen molar-refractivity contribution in [1.29, 1.82) is 0 Å². The van der Waals surface area contributed by atoms with E-state index in [1.165, 1.54) is 24.0 Å². The van der Waals surface area contributed by atoms with Gasteiger partial charge >= 0.3 is 6.03 Å². The summed E-state index contributed by atoms with van der Waals surface area (Å²) in [7, 11) is 0. The van der Waals surface area contributed by atoms with Crippen LogP contribution in [0.1, 0.15) is 54.5 Å². The molecule has 2 amide bonds. The second kappa shape index (κ2) is 9.33. The number of likely N-dealkylation sites (tertiary alicyclic amines) is 1. The Labute approximate surface area is 199 Å². The van der Waals surface area contributed by atoms with Gasteiger partial charge in [-0.2, -0.15) is 0 Å². The standard InChI is InChI=1S/C27H30N4O3/c1-17-16-31(27(32)29-26-18(2)19(3)30-34-26)12-11-22(17)13-20-5-4-6-24(14-20)33-25-10-9-23(15-28-25)21-7-8-21/h4-6,9-10,13-15,17,21H,7-8,11-12,16H2,1-3H3,(H,29,32)/b22-13+. The molecular formula is C27H30N4O3. The minimum absolute atomic E-state index is 0.152. The molecule has 2 aromatic heterocycles. The monoisotopic (exact) mass is 458 g/mol. The first-order valence-corrected chi connectivity index (χ1v) is 11.9. The molecule has 7 heteroatoms. The van der Waals surface area contributed by atoms with Gasteiger partial charge in [0.1, 0.15) is 5.75 Å². The van der Waals surface area contributed by atoms with Crippen LogP contribution >= 0.6 is 0 Å². The van der Waals surface area contributed by atoms with E-state index in [4.69, 9.17) is 9.26 Å². The Kier molecular flexibility index (Phi) is 6.09. The van der Waals surface area contributed by atoms with Crippen molar-refractivity contribution >= 4 is 18.0 Å². The van der Waals surface area contributed by atoms with Gasteiger partial charge in [0.2, 0.25) is 11.8 Å². The fraction of sp³-hybridized carbons (Fsp3) is 0.370. The molecule has 3 aromatic rings. The Morgan fingerprint density at radius 3 is 2.76 bits per heavy atom. The van der Waals surface area contributed by atoms with Crippen molar-refractivity contribution < 1.29 is 14.1 Å². The van der Waals surface area contributed by atoms with Crippen LogP contribution in [0.5, 0.6) is 11.6 Å². The zero-order chi connectivity index (χ0) is 23.7. The van der Waals surface area contributed by atoms with E-state index in [1.54, 1.807) is 0 Å². The van der Waals surface area contributed by atoms with E-state index in [1.807, 2.05) is 49.2 Å². The van der Waals surface area contributed by atoms with Gasteiger partial charge in [0, 0.05) is 30.9 Å². The Balaban J connectivity index is 1.21. The van der Waals surface area contributed by atoms with Crippen molar-refractivity contribution in [3.05, 3.63) is 70.6 Å². The molecule has 176 valence electrons. The predicted molar refractivity (Wildman–Crippen MR) is 131 cm³/mol. The first kappa shape index (κ1) is 22.2. The van der Waals surface area contributed by atoms with Gasteiger partial charge in [0.15, 0.2) is 0 Å². The highest BCUT2D eigenvalue weighted by Gasteiger charge is 2.26. The minimum atomic E-state index is -0.152. The fourth-order valence-corrected chi connectivity index (χ4v) is 4.27. The Hall–Kier alpha value is -3.61. The molecule has 3 heterocycles. The lowest BCUT2D eigenvalue weighted by Gasteiger charge is -2.33. The van der Waals surface area contributed by atoms with Gasteiger partial charge in [-0.15, -0.1) is 0 Å². The summed E-state index contributed by atoms with van der Waals surface area (Å²) in [5.74, 6) is 2.73. The van der Waals surface area contributed by atoms with Crippen molar-refractivity contribution in [3.8, 4) is 11.6 Å². The highest BCUT2D eigenvalue weighted by molar-refractivity contribution is 5.88. The highest BCUT2D eigenvalue weighted by atomic mass is 16.5. The van der Waals surface area contributed by atoms with Crippen molar-refractivity contribution in [1.82, 2.24) is 15.0 Å². The number of carbonyl (C=O) groups excluding carboxylic acids is 1. The van der Waals surface area contributed by atoms with E-state index in [2.05, 4.69) is 40.6 Å². The van der Waals surface area contributed by atoms with Crippen LogP contribution in [0.2, 0.25) is 0 Å². The number of amides is 2. The van der Waals surface area contributed by atoms with Gasteiger partial charge < -0.3 is 14.2 Å². The number of hydrogen-bond acceptors (Lipinski definition) is 5. The van der Waals surface area contributed by atoms with Crippen molar-refractivity contribution in [2.45, 2.75) is 46.0 Å². The number of pyridine rings is 1. The lowest BCUT2D eigenvalue weighted by Crippen LogP contribution is -2.42. The number of rotatable bonds is 5. The number of carbonyl (C=O) groups is 1. The summed E-state index contributed by atoms with van der Waals surface area (Å²) < 4.78 is 11.2. The number of nitrogens with zero attached hydrogens (tertiary/aromatic N) is 3. The molecule has 0 bridgehead atoms. The van der Waals surface area contributed by atoms with Crippen LogP contribution in [-0.4, -0.2) is 34.2 Å². The molecule has 1 atom stereocenters. The number of urea groups is 1. The van der Waals surface area contributed by atoms with Gasteiger partial charge in [-0.25, -0.2) is 9.78 Å². The normalized spacial score (nSPS) is 19.3. The van der Waals surface area contributed by atoms with Crippen LogP contribution in [0.3, 0.4) is 0 Å². The fourth-order valence-electron chi connectivity index (χ4n) is 4.27. The topological polar surface area (TPSA) is 80.5 Å². The molecule has 1 saturated carbocycles. The summed E-state index contributed by atoms with van der Waals surface area (Å²) in [6.07, 6.45) is 7.48. The van der Waals surface area contributed by atoms with E-state index >= 15 is 0 Å². The summed E-state index contributed by atoms with van der Waals surface area (Å²) in [4.78, 5) is 19.0. The second-order valence-corrected chi connectivity index (χ2v) is 9.35. The molecule has 5 rings (SSSR count). The smallest absolute Gasteiger partial charge is 0.324 e. The zero-order valence-electron chi connectivity index (χ0n) is 19.9. The SMILES string of the molecule is Cc1noc(NC(=O)N2CC/C(=C\c3cccc(Oc4ccc(C5CC5)cn4)c3)C(C)C2)c1C. The quantitative estimate of drug-likeness (QED) is 0.484. The Bertz CT molecular complexity index is 1210. The van der Waals surface area contributed by atoms with Crippen molar-refractivity contribution in [3.63, 3.8) is 0 Å². The molecule has 1 unspecified atom stereocenters. The van der Waals surface area contributed by atoms with Crippen molar-refractivity contribution in [2.24, 2.45) is 5.92 Å². The molecule has 2 aliphatic rings. The predicted octanol–water partition coefficient (Wildman–Crippen LogP) is 6.31. The average Bonchev–Trinajstić information content (AvgIpc) is 3.64. The Morgan fingerprint density at radius 2 is 2.09 bits per heavy atom. The summed E-state index contributed by atoms with van der Waals surface area (Å²) in [6.45, 7) is 7.20. The maximum atomic E-state index is 12.7. The third kappa shape index (κ3) is 4.98. The molecule has 1 aliphatic heterocycles. The zero-order valence-corrected chi connectivity index (χ0v) is 19.9. The van der Waals surface area contributed by atoms with Gasteiger partial charge in [-0.05, 0) is 68.2 Å². The highest BCUT2D eigenvalue weighted by Crippen LogP contribution is 2.40. The van der Waals surface area contributed by atoms with E-state index in [9.17, 15) is 4.79 Å². The molecule has 0 radical (unpaired) electrons. The molecule has 0 spiro atoms. The Morgan fingerprint density at radius 1 is 1.24 bits per heavy atom. The summed E-state index contributed by atoms with van der Waals surface area (Å²) >= 11 is 0. The number of hydrogen-bond donors (Lipinski definition) is 1. The van der Waals surface area contributed by atoms with E-state index in [0.717, 1.165) is 29.0 Å². The van der Waals surface area contributed by atoms with E-state index < -0.39 is 0 Å². The number of aromatic nitrogens is 2. The number of piperidine rings is 1. The number of ether oxygens (including phenoxy) is 1. The van der Waals surface area contributed by atoms with Gasteiger partial charge in [0.05, 0.1) is 5.69 Å². The number of nitrogens with one attached hydrogen (secondary N) is 1. The maximum absolute atomic E-state index is 12.7. The lowest BCUT2D eigenvalue weighted by atomic mass is 9.91. The summed E-state index contributed by atoms with van der Waals surface area (Å²) in [6, 6.07) is 12.0. The van der Waals surface area contributed by atoms with E-state index in [-0.39, 0.29) is 11.9 Å². The third-order valence-electron chi connectivity index (χ3n) is 6.70. The number of benzene rings is 1. The van der Waals surface area contributed by atoms with Gasteiger partial charge in [0.25, 0.3) is 0 Å². The van der Waals surface area contributed by atoms with E-state index in [0.29, 0.717) is 30.8 Å². The van der Waals surface area contributed by atoms with Crippen molar-refractivity contribution in [2.75, 3.05) is 18.4 Å². The summed E-state index contributed by atoms with van der Waals surface area (Å²) in [5, 5.41) is 6.75. The van der Waals surface area contributed by atoms with Crippen LogP contribution in [0, 0.1) is 19.8 Å². The molecule has 1 aromatic carbocycles. The molecule has 1 aliphatic carbocycles. The molecule has 1 saturated heterocycles. The van der Waals surface area contributed by atoms with Crippen LogP contribution < -0.4 is 10.1 Å². The van der Waals surface area contributed by atoms with Crippen LogP contribution in [0.4, 0.5) is 10.7 Å².